The van der Waals surface area contributed by atoms with Crippen molar-refractivity contribution in [3.8, 4) is 0 Å². The molecule has 3 atom stereocenters. The number of carbonyl (C=O) groups is 1. The summed E-state index contributed by atoms with van der Waals surface area (Å²) in [4.78, 5) is 13.3. The van der Waals surface area contributed by atoms with E-state index >= 15 is 0 Å². The highest BCUT2D eigenvalue weighted by atomic mass is 16.6. The third kappa shape index (κ3) is 9.32. The predicted octanol–water partition coefficient (Wildman–Crippen LogP) is 9.88. The Bertz CT molecular complexity index is 1050. The summed E-state index contributed by atoms with van der Waals surface area (Å²) in [7, 11) is 0. The Morgan fingerprint density at radius 1 is 0.519 bits per heavy atom. The van der Waals surface area contributed by atoms with E-state index in [0.29, 0.717) is 44.7 Å². The normalized spacial score (nSPS) is 38.8. The molecule has 4 bridgehead atoms. The van der Waals surface area contributed by atoms with Crippen LogP contribution < -0.4 is 0 Å². The molecule has 52 heavy (non-hydrogen) atoms. The minimum Gasteiger partial charge on any atom is -0.455 e. The number of rotatable bonds is 26. The van der Waals surface area contributed by atoms with E-state index < -0.39 is 22.4 Å². The van der Waals surface area contributed by atoms with Crippen LogP contribution in [-0.4, -0.2) is 84.8 Å². The maximum Gasteiger partial charge on any atom is 0.333 e. The smallest absolute Gasteiger partial charge is 0.333 e. The van der Waals surface area contributed by atoms with Crippen LogP contribution in [0.15, 0.2) is 12.2 Å². The van der Waals surface area contributed by atoms with Gasteiger partial charge in [0.1, 0.15) is 5.60 Å². The number of ether oxygens (including phenoxy) is 7. The van der Waals surface area contributed by atoms with Gasteiger partial charge in [-0.15, -0.1) is 0 Å². The average Bonchev–Trinajstić information content (AvgIpc) is 3.03. The molecule has 4 saturated carbocycles. The van der Waals surface area contributed by atoms with Crippen molar-refractivity contribution in [2.45, 2.75) is 221 Å². The SMILES string of the molecule is C=C(C)C(=O)OC12CC3(OCCCCC4(CCC)CCO4)CC(OCCCCC4(CCC)CCO4)(CC(OCCCCC4(CCC)CCO4)(C3)C1)C2. The Hall–Kier alpha value is -1.03. The fourth-order valence-electron chi connectivity index (χ4n) is 11.7. The second kappa shape index (κ2) is 17.0. The van der Waals surface area contributed by atoms with Gasteiger partial charge in [-0.3, -0.25) is 0 Å². The van der Waals surface area contributed by atoms with Crippen molar-refractivity contribution in [1.29, 1.82) is 0 Å². The summed E-state index contributed by atoms with van der Waals surface area (Å²) < 4.78 is 46.0. The van der Waals surface area contributed by atoms with Crippen molar-refractivity contribution in [2.24, 2.45) is 0 Å². The lowest BCUT2D eigenvalue weighted by molar-refractivity contribution is -0.327. The van der Waals surface area contributed by atoms with Crippen LogP contribution in [0, 0.1) is 0 Å². The summed E-state index contributed by atoms with van der Waals surface area (Å²) in [6.45, 7) is 17.2. The van der Waals surface area contributed by atoms with E-state index in [9.17, 15) is 4.79 Å². The van der Waals surface area contributed by atoms with Crippen molar-refractivity contribution in [3.63, 3.8) is 0 Å². The first kappa shape index (κ1) is 40.6. The summed E-state index contributed by atoms with van der Waals surface area (Å²) in [6, 6.07) is 0. The molecular weight excluding hydrogens is 656 g/mol. The van der Waals surface area contributed by atoms with Gasteiger partial charge in [0.05, 0.1) is 53.4 Å². The van der Waals surface area contributed by atoms with Crippen LogP contribution in [0.2, 0.25) is 0 Å². The van der Waals surface area contributed by atoms with Crippen LogP contribution in [0.3, 0.4) is 0 Å². The monoisotopic (exact) mass is 731 g/mol. The summed E-state index contributed by atoms with van der Waals surface area (Å²) in [6.07, 6.45) is 24.7. The van der Waals surface area contributed by atoms with Gasteiger partial charge in [-0.05, 0) is 103 Å². The largest absolute Gasteiger partial charge is 0.455 e. The molecule has 3 saturated heterocycles. The van der Waals surface area contributed by atoms with Crippen LogP contribution >= 0.6 is 0 Å². The van der Waals surface area contributed by atoms with Gasteiger partial charge in [0.15, 0.2) is 0 Å². The summed E-state index contributed by atoms with van der Waals surface area (Å²) in [5.41, 5.74) is -1.33. The van der Waals surface area contributed by atoms with E-state index in [4.69, 9.17) is 33.2 Å². The lowest BCUT2D eigenvalue weighted by Crippen LogP contribution is -2.74. The lowest BCUT2D eigenvalue weighted by atomic mass is 9.48. The maximum absolute atomic E-state index is 13.3. The molecule has 4 aliphatic carbocycles. The highest BCUT2D eigenvalue weighted by molar-refractivity contribution is 5.87. The van der Waals surface area contributed by atoms with Gasteiger partial charge in [-0.1, -0.05) is 46.6 Å². The lowest BCUT2D eigenvalue weighted by Gasteiger charge is -2.68. The van der Waals surface area contributed by atoms with Crippen molar-refractivity contribution in [2.75, 3.05) is 39.6 Å². The molecule has 0 amide bonds. The average molecular weight is 731 g/mol. The minimum atomic E-state index is -0.689. The van der Waals surface area contributed by atoms with Crippen LogP contribution in [0.5, 0.6) is 0 Å². The number of carbonyl (C=O) groups excluding carboxylic acids is 1. The Balaban J connectivity index is 1.14. The zero-order chi connectivity index (χ0) is 36.8. The standard InChI is InChI=1S/C44H74O8/c1-6-15-38(21-27-49-38)18-9-12-24-46-41-30-42(47-25-13-10-19-39(16-7-2)22-28-50-39)32-43(31-41,35-44(33-41,34-42)52-37(45)36(4)5)48-26-14-11-20-40(17-8-3)23-29-51-40/h4,6-35H2,1-3,5H3. The van der Waals surface area contributed by atoms with Crippen molar-refractivity contribution >= 4 is 5.97 Å². The minimum absolute atomic E-state index is 0.0912. The second-order valence-electron chi connectivity index (χ2n) is 18.5. The van der Waals surface area contributed by atoms with Crippen molar-refractivity contribution < 1.29 is 38.0 Å². The molecule has 0 aromatic rings. The molecule has 3 aliphatic heterocycles. The quantitative estimate of drug-likeness (QED) is 0.0495. The van der Waals surface area contributed by atoms with E-state index in [1.165, 1.54) is 19.3 Å². The Morgan fingerprint density at radius 2 is 0.827 bits per heavy atom. The molecule has 0 aromatic carbocycles. The van der Waals surface area contributed by atoms with Crippen LogP contribution in [0.4, 0.5) is 0 Å². The van der Waals surface area contributed by atoms with Crippen LogP contribution in [0.25, 0.3) is 0 Å². The van der Waals surface area contributed by atoms with Gasteiger partial charge < -0.3 is 33.2 Å². The van der Waals surface area contributed by atoms with Crippen LogP contribution in [-0.2, 0) is 38.0 Å². The molecule has 298 valence electrons. The summed E-state index contributed by atoms with van der Waals surface area (Å²) in [5.74, 6) is -0.312. The van der Waals surface area contributed by atoms with E-state index in [2.05, 4.69) is 27.4 Å². The molecule has 0 radical (unpaired) electrons. The summed E-state index contributed by atoms with van der Waals surface area (Å²) >= 11 is 0. The topological polar surface area (TPSA) is 81.7 Å². The highest BCUT2D eigenvalue weighted by Gasteiger charge is 2.72. The molecule has 7 fully saturated rings. The Labute approximate surface area is 316 Å². The zero-order valence-electron chi connectivity index (χ0n) is 33.7. The first-order valence-corrected chi connectivity index (χ1v) is 21.7. The van der Waals surface area contributed by atoms with E-state index in [-0.39, 0.29) is 22.8 Å². The fraction of sp³-hybridized carbons (Fsp3) is 0.932. The Kier molecular flexibility index (Phi) is 13.3. The first-order valence-electron chi connectivity index (χ1n) is 21.7. The molecule has 3 heterocycles. The van der Waals surface area contributed by atoms with Crippen LogP contribution in [0.1, 0.15) is 182 Å². The van der Waals surface area contributed by atoms with E-state index in [0.717, 1.165) is 135 Å². The van der Waals surface area contributed by atoms with Gasteiger partial charge in [0.2, 0.25) is 0 Å². The van der Waals surface area contributed by atoms with Gasteiger partial charge in [-0.2, -0.15) is 0 Å². The van der Waals surface area contributed by atoms with E-state index in [1.807, 2.05) is 0 Å². The molecule has 0 spiro atoms. The zero-order valence-corrected chi connectivity index (χ0v) is 33.7. The van der Waals surface area contributed by atoms with Gasteiger partial charge in [0.25, 0.3) is 0 Å². The van der Waals surface area contributed by atoms with Gasteiger partial charge in [-0.25, -0.2) is 4.79 Å². The van der Waals surface area contributed by atoms with Gasteiger partial charge >= 0.3 is 5.97 Å². The fourth-order valence-corrected chi connectivity index (χ4v) is 11.7. The molecule has 8 heteroatoms. The second-order valence-corrected chi connectivity index (χ2v) is 18.5. The number of esters is 1. The molecule has 7 rings (SSSR count). The third-order valence-corrected chi connectivity index (χ3v) is 13.8. The third-order valence-electron chi connectivity index (χ3n) is 13.8. The Morgan fingerprint density at radius 3 is 1.08 bits per heavy atom. The first-order chi connectivity index (χ1) is 25.0. The molecule has 0 aromatic heterocycles. The molecular formula is C44H74O8. The maximum atomic E-state index is 13.3. The van der Waals surface area contributed by atoms with Crippen molar-refractivity contribution in [1.82, 2.24) is 0 Å². The van der Waals surface area contributed by atoms with Crippen molar-refractivity contribution in [3.05, 3.63) is 12.2 Å². The molecule has 0 N–H and O–H groups in total. The number of unbranched alkanes of at least 4 members (excludes halogenated alkanes) is 3. The number of hydrogen-bond acceptors (Lipinski definition) is 8. The molecule has 8 nitrogen and oxygen atoms in total. The highest BCUT2D eigenvalue weighted by Crippen LogP contribution is 2.65. The molecule has 3 unspecified atom stereocenters. The summed E-state index contributed by atoms with van der Waals surface area (Å²) in [5, 5.41) is 0. The van der Waals surface area contributed by atoms with E-state index in [1.54, 1.807) is 6.92 Å². The number of hydrogen-bond donors (Lipinski definition) is 0. The van der Waals surface area contributed by atoms with Gasteiger partial charge in [0, 0.05) is 63.9 Å². The predicted molar refractivity (Wildman–Crippen MR) is 204 cm³/mol. The molecule has 7 aliphatic rings.